The Morgan fingerprint density at radius 1 is 1.37 bits per heavy atom. The average Bonchev–Trinajstić information content (AvgIpc) is 3.20. The van der Waals surface area contributed by atoms with E-state index in [0.717, 1.165) is 31.4 Å². The van der Waals surface area contributed by atoms with Crippen LogP contribution in [0, 0.1) is 6.92 Å². The third kappa shape index (κ3) is 3.18. The standard InChI is InChI=1S/C19H21N3O4S/c1-10(2)17-16(11(3)21-26-17)18(24)25-9-12-8-15(23)22-13-6-4-5-7-14(13)27-19(22)20-12/h8,10H,4-7,9H2,1-3H3. The van der Waals surface area contributed by atoms with E-state index >= 15 is 0 Å². The van der Waals surface area contributed by atoms with Crippen LogP contribution in [-0.2, 0) is 24.2 Å². The molecule has 8 heteroatoms. The molecule has 0 saturated heterocycles. The van der Waals surface area contributed by atoms with Crippen molar-refractivity contribution in [3.8, 4) is 0 Å². The lowest BCUT2D eigenvalue weighted by molar-refractivity contribution is 0.0464. The smallest absolute Gasteiger partial charge is 0.344 e. The van der Waals surface area contributed by atoms with Crippen LogP contribution in [0.4, 0.5) is 0 Å². The number of thiazole rings is 1. The van der Waals surface area contributed by atoms with Gasteiger partial charge in [0.25, 0.3) is 5.56 Å². The van der Waals surface area contributed by atoms with Crippen molar-refractivity contribution in [1.29, 1.82) is 0 Å². The molecular formula is C19H21N3O4S. The summed E-state index contributed by atoms with van der Waals surface area (Å²) in [6.07, 6.45) is 4.16. The lowest BCUT2D eigenvalue weighted by atomic mass is 10.0. The van der Waals surface area contributed by atoms with Crippen molar-refractivity contribution in [2.45, 2.75) is 59.0 Å². The molecule has 0 spiro atoms. The first-order chi connectivity index (χ1) is 13.0. The fourth-order valence-electron chi connectivity index (χ4n) is 3.46. The van der Waals surface area contributed by atoms with Crippen LogP contribution in [0.5, 0.6) is 0 Å². The van der Waals surface area contributed by atoms with Crippen LogP contribution in [0.2, 0.25) is 0 Å². The van der Waals surface area contributed by atoms with E-state index in [-0.39, 0.29) is 18.1 Å². The minimum atomic E-state index is -0.509. The van der Waals surface area contributed by atoms with Gasteiger partial charge < -0.3 is 9.26 Å². The predicted octanol–water partition coefficient (Wildman–Crippen LogP) is 3.41. The van der Waals surface area contributed by atoms with Crippen molar-refractivity contribution in [3.63, 3.8) is 0 Å². The molecule has 1 aliphatic carbocycles. The van der Waals surface area contributed by atoms with Gasteiger partial charge in [0.1, 0.15) is 12.2 Å². The van der Waals surface area contributed by atoms with Gasteiger partial charge in [-0.2, -0.15) is 0 Å². The number of carbonyl (C=O) groups is 1. The van der Waals surface area contributed by atoms with Gasteiger partial charge in [-0.25, -0.2) is 9.78 Å². The highest BCUT2D eigenvalue weighted by atomic mass is 32.1. The molecule has 27 heavy (non-hydrogen) atoms. The molecule has 0 fully saturated rings. The molecule has 3 heterocycles. The van der Waals surface area contributed by atoms with Gasteiger partial charge in [-0.15, -0.1) is 11.3 Å². The summed E-state index contributed by atoms with van der Waals surface area (Å²) in [5.74, 6) is 0.0159. The normalized spacial score (nSPS) is 13.9. The second-order valence-electron chi connectivity index (χ2n) is 7.12. The lowest BCUT2D eigenvalue weighted by Gasteiger charge is -2.10. The Morgan fingerprint density at radius 3 is 2.93 bits per heavy atom. The molecule has 4 rings (SSSR count). The maximum Gasteiger partial charge on any atom is 0.344 e. The monoisotopic (exact) mass is 387 g/mol. The molecule has 0 radical (unpaired) electrons. The van der Waals surface area contributed by atoms with Gasteiger partial charge in [-0.1, -0.05) is 19.0 Å². The van der Waals surface area contributed by atoms with Crippen molar-refractivity contribution in [3.05, 3.63) is 49.7 Å². The van der Waals surface area contributed by atoms with E-state index in [4.69, 9.17) is 9.26 Å². The Bertz CT molecular complexity index is 1080. The first kappa shape index (κ1) is 17.9. The molecule has 0 saturated carbocycles. The topological polar surface area (TPSA) is 86.7 Å². The molecular weight excluding hydrogens is 366 g/mol. The van der Waals surface area contributed by atoms with E-state index in [9.17, 15) is 9.59 Å². The van der Waals surface area contributed by atoms with E-state index in [1.807, 2.05) is 13.8 Å². The second kappa shape index (κ2) is 6.92. The predicted molar refractivity (Wildman–Crippen MR) is 100 cm³/mol. The molecule has 0 atom stereocenters. The Labute approximate surface area is 160 Å². The quantitative estimate of drug-likeness (QED) is 0.638. The highest BCUT2D eigenvalue weighted by Gasteiger charge is 2.24. The molecule has 142 valence electrons. The lowest BCUT2D eigenvalue weighted by Crippen LogP contribution is -2.19. The number of aryl methyl sites for hydroxylation is 3. The van der Waals surface area contributed by atoms with E-state index in [0.29, 0.717) is 27.7 Å². The van der Waals surface area contributed by atoms with Crippen molar-refractivity contribution in [2.24, 2.45) is 0 Å². The summed E-state index contributed by atoms with van der Waals surface area (Å²) in [6.45, 7) is 5.49. The van der Waals surface area contributed by atoms with Crippen LogP contribution in [0.15, 0.2) is 15.4 Å². The summed E-state index contributed by atoms with van der Waals surface area (Å²) in [4.78, 5) is 31.5. The van der Waals surface area contributed by atoms with E-state index in [2.05, 4.69) is 10.1 Å². The molecule has 1 aliphatic rings. The van der Waals surface area contributed by atoms with Crippen molar-refractivity contribution in [1.82, 2.24) is 14.5 Å². The summed E-state index contributed by atoms with van der Waals surface area (Å²) in [7, 11) is 0. The van der Waals surface area contributed by atoms with Gasteiger partial charge in [0, 0.05) is 22.6 Å². The zero-order valence-corrected chi connectivity index (χ0v) is 16.4. The SMILES string of the molecule is Cc1noc(C(C)C)c1C(=O)OCc1cc(=O)n2c3c(sc2n1)CCCC3. The summed E-state index contributed by atoms with van der Waals surface area (Å²) in [5.41, 5.74) is 2.28. The van der Waals surface area contributed by atoms with Crippen LogP contribution in [0.1, 0.15) is 70.7 Å². The minimum Gasteiger partial charge on any atom is -0.455 e. The van der Waals surface area contributed by atoms with Gasteiger partial charge in [0.15, 0.2) is 10.7 Å². The number of rotatable bonds is 4. The maximum atomic E-state index is 12.6. The van der Waals surface area contributed by atoms with Gasteiger partial charge in [-0.05, 0) is 32.6 Å². The number of hydrogen-bond acceptors (Lipinski definition) is 7. The fraction of sp³-hybridized carbons (Fsp3) is 0.474. The summed E-state index contributed by atoms with van der Waals surface area (Å²) in [5, 5.41) is 3.86. The number of esters is 1. The number of carbonyl (C=O) groups excluding carboxylic acids is 1. The number of nitrogens with zero attached hydrogens (tertiary/aromatic N) is 3. The van der Waals surface area contributed by atoms with Gasteiger partial charge in [0.05, 0.1) is 11.4 Å². The third-order valence-corrected chi connectivity index (χ3v) is 5.93. The van der Waals surface area contributed by atoms with Crippen LogP contribution in [0.3, 0.4) is 0 Å². The molecule has 0 amide bonds. The fourth-order valence-corrected chi connectivity index (χ4v) is 4.69. The zero-order valence-electron chi connectivity index (χ0n) is 15.6. The Kier molecular flexibility index (Phi) is 4.59. The third-order valence-electron chi connectivity index (χ3n) is 4.78. The van der Waals surface area contributed by atoms with Crippen LogP contribution in [0.25, 0.3) is 4.96 Å². The van der Waals surface area contributed by atoms with Crippen LogP contribution in [-0.4, -0.2) is 20.5 Å². The number of aromatic nitrogens is 3. The zero-order chi connectivity index (χ0) is 19.1. The van der Waals surface area contributed by atoms with Crippen molar-refractivity contribution >= 4 is 22.3 Å². The molecule has 0 aliphatic heterocycles. The highest BCUT2D eigenvalue weighted by molar-refractivity contribution is 7.17. The van der Waals surface area contributed by atoms with Gasteiger partial charge in [-0.3, -0.25) is 9.20 Å². The van der Waals surface area contributed by atoms with Crippen LogP contribution < -0.4 is 5.56 Å². The van der Waals surface area contributed by atoms with Gasteiger partial charge >= 0.3 is 5.97 Å². The van der Waals surface area contributed by atoms with Crippen molar-refractivity contribution < 1.29 is 14.1 Å². The number of hydrogen-bond donors (Lipinski definition) is 0. The Balaban J connectivity index is 1.59. The molecule has 0 N–H and O–H groups in total. The average molecular weight is 387 g/mol. The molecule has 3 aromatic heterocycles. The number of fused-ring (bicyclic) bond motifs is 3. The Hall–Kier alpha value is -2.48. The molecule has 0 aromatic carbocycles. The van der Waals surface area contributed by atoms with Crippen LogP contribution >= 0.6 is 11.3 Å². The second-order valence-corrected chi connectivity index (χ2v) is 8.18. The minimum absolute atomic E-state index is 0.0188. The maximum absolute atomic E-state index is 12.6. The Morgan fingerprint density at radius 2 is 2.15 bits per heavy atom. The van der Waals surface area contributed by atoms with E-state index < -0.39 is 5.97 Å². The molecule has 7 nitrogen and oxygen atoms in total. The summed E-state index contributed by atoms with van der Waals surface area (Å²) in [6, 6.07) is 1.45. The summed E-state index contributed by atoms with van der Waals surface area (Å²) < 4.78 is 12.3. The first-order valence-electron chi connectivity index (χ1n) is 9.12. The van der Waals surface area contributed by atoms with E-state index in [1.165, 1.54) is 10.9 Å². The largest absolute Gasteiger partial charge is 0.455 e. The van der Waals surface area contributed by atoms with Crippen molar-refractivity contribution in [2.75, 3.05) is 0 Å². The molecule has 3 aromatic rings. The molecule has 0 bridgehead atoms. The highest BCUT2D eigenvalue weighted by Crippen LogP contribution is 2.28. The van der Waals surface area contributed by atoms with Gasteiger partial charge in [0.2, 0.25) is 0 Å². The molecule has 0 unspecified atom stereocenters. The number of ether oxygens (including phenoxy) is 1. The first-order valence-corrected chi connectivity index (χ1v) is 9.94. The van der Waals surface area contributed by atoms with E-state index in [1.54, 1.807) is 22.7 Å². The summed E-state index contributed by atoms with van der Waals surface area (Å²) >= 11 is 1.56.